The quantitative estimate of drug-likeness (QED) is 0.881. The SMILES string of the molecule is C[C@@H]1C[C@@H](C)C[NH+](CC(=O)Nc2cccc(C(F)(F)F)c2)C1. The Morgan fingerprint density at radius 2 is 1.91 bits per heavy atom. The maximum atomic E-state index is 12.6. The van der Waals surface area contributed by atoms with Crippen molar-refractivity contribution in [3.8, 4) is 0 Å². The third-order valence-electron chi connectivity index (χ3n) is 3.96. The Hall–Kier alpha value is -1.56. The maximum absolute atomic E-state index is 12.6. The van der Waals surface area contributed by atoms with E-state index in [0.29, 0.717) is 18.4 Å². The van der Waals surface area contributed by atoms with Gasteiger partial charge in [0.05, 0.1) is 18.7 Å². The standard InChI is InChI=1S/C16H21F3N2O/c1-11-6-12(2)9-21(8-11)10-15(22)20-14-5-3-4-13(7-14)16(17,18)19/h3-5,7,11-12H,6,8-10H2,1-2H3,(H,20,22)/p+1/t11-,12-/m1/s1. The summed E-state index contributed by atoms with van der Waals surface area (Å²) in [6, 6.07) is 4.74. The van der Waals surface area contributed by atoms with Crippen molar-refractivity contribution >= 4 is 11.6 Å². The highest BCUT2D eigenvalue weighted by Gasteiger charge is 2.31. The highest BCUT2D eigenvalue weighted by molar-refractivity contribution is 5.91. The second kappa shape index (κ2) is 6.69. The van der Waals surface area contributed by atoms with Gasteiger partial charge in [-0.25, -0.2) is 0 Å². The molecule has 2 atom stereocenters. The van der Waals surface area contributed by atoms with E-state index in [2.05, 4.69) is 19.2 Å². The van der Waals surface area contributed by atoms with Gasteiger partial charge in [0, 0.05) is 17.5 Å². The number of carbonyl (C=O) groups is 1. The molecule has 1 heterocycles. The summed E-state index contributed by atoms with van der Waals surface area (Å²) in [4.78, 5) is 13.2. The van der Waals surface area contributed by atoms with Crippen molar-refractivity contribution in [1.82, 2.24) is 0 Å². The molecule has 2 rings (SSSR count). The van der Waals surface area contributed by atoms with Crippen LogP contribution in [0.3, 0.4) is 0 Å². The van der Waals surface area contributed by atoms with E-state index in [1.165, 1.54) is 23.5 Å². The monoisotopic (exact) mass is 315 g/mol. The van der Waals surface area contributed by atoms with E-state index in [1.807, 2.05) is 0 Å². The Kier molecular flexibility index (Phi) is 5.11. The first-order valence-corrected chi connectivity index (χ1v) is 7.54. The lowest BCUT2D eigenvalue weighted by molar-refractivity contribution is -0.904. The van der Waals surface area contributed by atoms with Crippen LogP contribution < -0.4 is 10.2 Å². The molecule has 0 bridgehead atoms. The third kappa shape index (κ3) is 4.73. The molecule has 0 radical (unpaired) electrons. The molecule has 0 unspecified atom stereocenters. The van der Waals surface area contributed by atoms with Crippen molar-refractivity contribution in [3.63, 3.8) is 0 Å². The van der Waals surface area contributed by atoms with Crippen molar-refractivity contribution in [1.29, 1.82) is 0 Å². The molecule has 1 fully saturated rings. The molecule has 1 amide bonds. The summed E-state index contributed by atoms with van der Waals surface area (Å²) in [7, 11) is 0. The van der Waals surface area contributed by atoms with E-state index in [0.717, 1.165) is 25.2 Å². The number of benzene rings is 1. The number of quaternary nitrogens is 1. The molecule has 0 aromatic heterocycles. The number of halogens is 3. The van der Waals surface area contributed by atoms with Gasteiger partial charge in [-0.05, 0) is 24.6 Å². The first-order chi connectivity index (χ1) is 10.2. The normalized spacial score (nSPS) is 25.8. The Balaban J connectivity index is 1.95. The Morgan fingerprint density at radius 1 is 1.27 bits per heavy atom. The molecule has 1 aliphatic heterocycles. The minimum absolute atomic E-state index is 0.192. The average Bonchev–Trinajstić information content (AvgIpc) is 2.36. The largest absolute Gasteiger partial charge is 0.416 e. The lowest BCUT2D eigenvalue weighted by atomic mass is 9.92. The number of rotatable bonds is 3. The number of carbonyl (C=O) groups excluding carboxylic acids is 1. The summed E-state index contributed by atoms with van der Waals surface area (Å²) >= 11 is 0. The Morgan fingerprint density at radius 3 is 2.50 bits per heavy atom. The zero-order chi connectivity index (χ0) is 16.3. The van der Waals surface area contributed by atoms with Gasteiger partial charge in [0.25, 0.3) is 5.91 Å². The minimum Gasteiger partial charge on any atom is -0.327 e. The molecule has 1 aromatic carbocycles. The number of nitrogens with one attached hydrogen (secondary N) is 2. The number of amides is 1. The fourth-order valence-electron chi connectivity index (χ4n) is 3.27. The first kappa shape index (κ1) is 16.8. The minimum atomic E-state index is -4.40. The molecule has 0 aliphatic carbocycles. The van der Waals surface area contributed by atoms with E-state index in [4.69, 9.17) is 0 Å². The number of hydrogen-bond donors (Lipinski definition) is 2. The van der Waals surface area contributed by atoms with E-state index < -0.39 is 11.7 Å². The van der Waals surface area contributed by atoms with Gasteiger partial charge in [-0.3, -0.25) is 4.79 Å². The third-order valence-corrected chi connectivity index (χ3v) is 3.96. The highest BCUT2D eigenvalue weighted by Crippen LogP contribution is 2.30. The van der Waals surface area contributed by atoms with Gasteiger partial charge in [-0.2, -0.15) is 13.2 Å². The zero-order valence-electron chi connectivity index (χ0n) is 12.8. The van der Waals surface area contributed by atoms with Crippen LogP contribution in [0.25, 0.3) is 0 Å². The maximum Gasteiger partial charge on any atom is 0.416 e. The van der Waals surface area contributed by atoms with E-state index in [9.17, 15) is 18.0 Å². The number of hydrogen-bond acceptors (Lipinski definition) is 1. The lowest BCUT2D eigenvalue weighted by Crippen LogP contribution is -3.15. The fourth-order valence-corrected chi connectivity index (χ4v) is 3.27. The van der Waals surface area contributed by atoms with Gasteiger partial charge in [-0.15, -0.1) is 0 Å². The molecule has 3 nitrogen and oxygen atoms in total. The predicted octanol–water partition coefficient (Wildman–Crippen LogP) is 2.20. The molecule has 1 aliphatic rings. The molecule has 1 saturated heterocycles. The van der Waals surface area contributed by atoms with Gasteiger partial charge in [-0.1, -0.05) is 19.9 Å². The second-order valence-corrected chi connectivity index (χ2v) is 6.41. The highest BCUT2D eigenvalue weighted by atomic mass is 19.4. The van der Waals surface area contributed by atoms with Crippen LogP contribution in [0.4, 0.5) is 18.9 Å². The van der Waals surface area contributed by atoms with Crippen molar-refractivity contribution in [2.45, 2.75) is 26.4 Å². The van der Waals surface area contributed by atoms with Crippen molar-refractivity contribution < 1.29 is 22.9 Å². The molecule has 0 spiro atoms. The summed E-state index contributed by atoms with van der Waals surface area (Å²) in [6.45, 7) is 6.49. The van der Waals surface area contributed by atoms with Gasteiger partial charge >= 0.3 is 6.18 Å². The molecule has 122 valence electrons. The van der Waals surface area contributed by atoms with Gasteiger partial charge in [0.15, 0.2) is 6.54 Å². The Labute approximate surface area is 128 Å². The summed E-state index contributed by atoms with van der Waals surface area (Å²) in [6.07, 6.45) is -3.23. The van der Waals surface area contributed by atoms with E-state index >= 15 is 0 Å². The van der Waals surface area contributed by atoms with Crippen LogP contribution >= 0.6 is 0 Å². The first-order valence-electron chi connectivity index (χ1n) is 7.54. The number of anilines is 1. The van der Waals surface area contributed by atoms with Crippen LogP contribution in [0.1, 0.15) is 25.8 Å². The molecule has 2 N–H and O–H groups in total. The molecule has 0 saturated carbocycles. The van der Waals surface area contributed by atoms with Crippen LogP contribution in [0, 0.1) is 11.8 Å². The van der Waals surface area contributed by atoms with E-state index in [1.54, 1.807) is 0 Å². The average molecular weight is 315 g/mol. The van der Waals surface area contributed by atoms with Crippen LogP contribution in [-0.4, -0.2) is 25.5 Å². The van der Waals surface area contributed by atoms with E-state index in [-0.39, 0.29) is 11.6 Å². The van der Waals surface area contributed by atoms with Gasteiger partial charge in [0.2, 0.25) is 0 Å². The summed E-state index contributed by atoms with van der Waals surface area (Å²) < 4.78 is 37.9. The number of alkyl halides is 3. The van der Waals surface area contributed by atoms with Crippen LogP contribution in [0.15, 0.2) is 24.3 Å². The molecular formula is C16H22F3N2O+. The Bertz CT molecular complexity index is 520. The smallest absolute Gasteiger partial charge is 0.327 e. The van der Waals surface area contributed by atoms with Crippen LogP contribution in [0.2, 0.25) is 0 Å². The zero-order valence-corrected chi connectivity index (χ0v) is 12.8. The number of likely N-dealkylation sites (tertiary alicyclic amines) is 1. The summed E-state index contributed by atoms with van der Waals surface area (Å²) in [5.74, 6) is 0.899. The fraction of sp³-hybridized carbons (Fsp3) is 0.562. The van der Waals surface area contributed by atoms with Crippen LogP contribution in [-0.2, 0) is 11.0 Å². The molecule has 6 heteroatoms. The van der Waals surface area contributed by atoms with Gasteiger partial charge < -0.3 is 10.2 Å². The van der Waals surface area contributed by atoms with Crippen molar-refractivity contribution in [2.75, 3.05) is 25.0 Å². The van der Waals surface area contributed by atoms with Crippen molar-refractivity contribution in [2.24, 2.45) is 11.8 Å². The lowest BCUT2D eigenvalue weighted by Gasteiger charge is -2.31. The van der Waals surface area contributed by atoms with Crippen LogP contribution in [0.5, 0.6) is 0 Å². The summed E-state index contributed by atoms with van der Waals surface area (Å²) in [5.41, 5.74) is -0.560. The molecule has 22 heavy (non-hydrogen) atoms. The molecule has 1 aromatic rings. The number of piperidine rings is 1. The van der Waals surface area contributed by atoms with Gasteiger partial charge in [0.1, 0.15) is 0 Å². The van der Waals surface area contributed by atoms with Crippen molar-refractivity contribution in [3.05, 3.63) is 29.8 Å². The topological polar surface area (TPSA) is 33.5 Å². The molecular weight excluding hydrogens is 293 g/mol. The predicted molar refractivity (Wildman–Crippen MR) is 78.6 cm³/mol. The second-order valence-electron chi connectivity index (χ2n) is 6.41. The summed E-state index contributed by atoms with van der Waals surface area (Å²) in [5, 5.41) is 2.57.